The van der Waals surface area contributed by atoms with Crippen LogP contribution in [0.5, 0.6) is 0 Å². The SMILES string of the molecule is O=C(O)Cc1c(C(=O)c2cc(Cl)ccn2)[nH]c2ccc(Cl)cc12. The maximum absolute atomic E-state index is 12.7. The minimum absolute atomic E-state index is 0.141. The molecule has 0 radical (unpaired) electrons. The zero-order chi connectivity index (χ0) is 16.6. The van der Waals surface area contributed by atoms with Crippen LogP contribution in [0.15, 0.2) is 36.5 Å². The molecule has 1 aromatic carbocycles. The van der Waals surface area contributed by atoms with Crippen molar-refractivity contribution in [2.45, 2.75) is 6.42 Å². The molecule has 0 saturated heterocycles. The molecular formula is C16H10Cl2N2O3. The Morgan fingerprint density at radius 2 is 1.87 bits per heavy atom. The summed E-state index contributed by atoms with van der Waals surface area (Å²) in [7, 11) is 0. The van der Waals surface area contributed by atoms with Crippen LogP contribution in [0.1, 0.15) is 21.7 Å². The molecule has 2 heterocycles. The highest BCUT2D eigenvalue weighted by molar-refractivity contribution is 6.31. The average Bonchev–Trinajstić information content (AvgIpc) is 2.84. The molecule has 0 aliphatic heterocycles. The van der Waals surface area contributed by atoms with Gasteiger partial charge < -0.3 is 10.1 Å². The van der Waals surface area contributed by atoms with Crippen molar-refractivity contribution < 1.29 is 14.7 Å². The van der Waals surface area contributed by atoms with Gasteiger partial charge in [-0.1, -0.05) is 23.2 Å². The number of H-pyrrole nitrogens is 1. The molecular weight excluding hydrogens is 339 g/mol. The topological polar surface area (TPSA) is 83.0 Å². The molecule has 3 aromatic rings. The van der Waals surface area contributed by atoms with Gasteiger partial charge >= 0.3 is 5.97 Å². The number of aromatic nitrogens is 2. The Balaban J connectivity index is 2.19. The summed E-state index contributed by atoms with van der Waals surface area (Å²) in [4.78, 5) is 30.8. The van der Waals surface area contributed by atoms with Crippen molar-refractivity contribution in [3.8, 4) is 0 Å². The minimum Gasteiger partial charge on any atom is -0.481 e. The fourth-order valence-corrected chi connectivity index (χ4v) is 2.74. The molecule has 3 rings (SSSR count). The summed E-state index contributed by atoms with van der Waals surface area (Å²) in [6, 6.07) is 7.99. The van der Waals surface area contributed by atoms with E-state index < -0.39 is 11.8 Å². The number of rotatable bonds is 4. The van der Waals surface area contributed by atoms with Crippen molar-refractivity contribution in [2.24, 2.45) is 0 Å². The van der Waals surface area contributed by atoms with Crippen LogP contribution in [0.4, 0.5) is 0 Å². The predicted octanol–water partition coefficient (Wildman–Crippen LogP) is 3.73. The van der Waals surface area contributed by atoms with E-state index in [4.69, 9.17) is 28.3 Å². The summed E-state index contributed by atoms with van der Waals surface area (Å²) in [5.74, 6) is -1.46. The van der Waals surface area contributed by atoms with Crippen LogP contribution in [0.25, 0.3) is 10.9 Å². The first-order valence-corrected chi connectivity index (χ1v) is 7.39. The largest absolute Gasteiger partial charge is 0.481 e. The zero-order valence-corrected chi connectivity index (χ0v) is 13.1. The number of carbonyl (C=O) groups excluding carboxylic acids is 1. The second kappa shape index (κ2) is 6.02. The third-order valence-corrected chi connectivity index (χ3v) is 3.85. The Morgan fingerprint density at radius 3 is 2.57 bits per heavy atom. The Labute approximate surface area is 140 Å². The number of nitrogens with one attached hydrogen (secondary N) is 1. The summed E-state index contributed by atoms with van der Waals surface area (Å²) >= 11 is 11.9. The van der Waals surface area contributed by atoms with Gasteiger partial charge in [0.25, 0.3) is 0 Å². The first-order chi connectivity index (χ1) is 11.0. The van der Waals surface area contributed by atoms with Gasteiger partial charge in [0.15, 0.2) is 0 Å². The number of hydrogen-bond donors (Lipinski definition) is 2. The monoisotopic (exact) mass is 348 g/mol. The Hall–Kier alpha value is -2.37. The highest BCUT2D eigenvalue weighted by Crippen LogP contribution is 2.27. The summed E-state index contributed by atoms with van der Waals surface area (Å²) in [5, 5.41) is 10.6. The quantitative estimate of drug-likeness (QED) is 0.703. The third kappa shape index (κ3) is 3.06. The summed E-state index contributed by atoms with van der Waals surface area (Å²) in [6.07, 6.45) is 1.12. The number of carboxylic acids is 1. The third-order valence-electron chi connectivity index (χ3n) is 3.38. The molecule has 0 bridgehead atoms. The molecule has 116 valence electrons. The van der Waals surface area contributed by atoms with Crippen molar-refractivity contribution in [1.29, 1.82) is 0 Å². The van der Waals surface area contributed by atoms with Crippen molar-refractivity contribution in [3.63, 3.8) is 0 Å². The van der Waals surface area contributed by atoms with Crippen LogP contribution in [0.2, 0.25) is 10.0 Å². The molecule has 0 aliphatic carbocycles. The number of halogens is 2. The van der Waals surface area contributed by atoms with Crippen LogP contribution in [0, 0.1) is 0 Å². The van der Waals surface area contributed by atoms with Gasteiger partial charge in [0.1, 0.15) is 5.69 Å². The van der Waals surface area contributed by atoms with Crippen molar-refractivity contribution >= 4 is 45.9 Å². The van der Waals surface area contributed by atoms with Gasteiger partial charge in [-0.2, -0.15) is 0 Å². The molecule has 0 fully saturated rings. The van der Waals surface area contributed by atoms with Crippen LogP contribution in [-0.2, 0) is 11.2 Å². The molecule has 7 heteroatoms. The molecule has 0 spiro atoms. The molecule has 0 amide bonds. The normalized spacial score (nSPS) is 10.9. The number of carboxylic acid groups (broad SMARTS) is 1. The number of nitrogens with zero attached hydrogens (tertiary/aromatic N) is 1. The lowest BCUT2D eigenvalue weighted by atomic mass is 10.0. The van der Waals surface area contributed by atoms with Crippen molar-refractivity contribution in [3.05, 3.63) is 63.5 Å². The smallest absolute Gasteiger partial charge is 0.307 e. The molecule has 5 nitrogen and oxygen atoms in total. The molecule has 0 atom stereocenters. The lowest BCUT2D eigenvalue weighted by molar-refractivity contribution is -0.136. The highest BCUT2D eigenvalue weighted by Gasteiger charge is 2.22. The minimum atomic E-state index is -1.04. The van der Waals surface area contributed by atoms with Gasteiger partial charge in [-0.25, -0.2) is 0 Å². The zero-order valence-electron chi connectivity index (χ0n) is 11.6. The highest BCUT2D eigenvalue weighted by atomic mass is 35.5. The van der Waals surface area contributed by atoms with E-state index in [2.05, 4.69) is 9.97 Å². The van der Waals surface area contributed by atoms with E-state index in [1.54, 1.807) is 24.3 Å². The Kier molecular flexibility index (Phi) is 4.07. The molecule has 0 unspecified atom stereocenters. The van der Waals surface area contributed by atoms with Crippen LogP contribution in [-0.4, -0.2) is 26.8 Å². The Bertz CT molecular complexity index is 934. The average molecular weight is 349 g/mol. The maximum Gasteiger partial charge on any atom is 0.307 e. The second-order valence-electron chi connectivity index (χ2n) is 4.93. The number of pyridine rings is 1. The number of fused-ring (bicyclic) bond motifs is 1. The van der Waals surface area contributed by atoms with E-state index in [1.807, 2.05) is 0 Å². The fraction of sp³-hybridized carbons (Fsp3) is 0.0625. The molecule has 23 heavy (non-hydrogen) atoms. The van der Waals surface area contributed by atoms with Gasteiger partial charge in [0, 0.05) is 32.7 Å². The standard InChI is InChI=1S/C16H10Cl2N2O3/c17-8-1-2-12-10(5-8)11(7-14(21)22)15(20-12)16(23)13-6-9(18)3-4-19-13/h1-6,20H,7H2,(H,21,22). The van der Waals surface area contributed by atoms with E-state index in [1.165, 1.54) is 12.3 Å². The van der Waals surface area contributed by atoms with Crippen LogP contribution in [0.3, 0.4) is 0 Å². The molecule has 2 aromatic heterocycles. The van der Waals surface area contributed by atoms with Crippen LogP contribution >= 0.6 is 23.2 Å². The second-order valence-corrected chi connectivity index (χ2v) is 5.80. The summed E-state index contributed by atoms with van der Waals surface area (Å²) < 4.78 is 0. The van der Waals surface area contributed by atoms with E-state index in [-0.39, 0.29) is 17.8 Å². The maximum atomic E-state index is 12.7. The van der Waals surface area contributed by atoms with Gasteiger partial charge in [-0.15, -0.1) is 0 Å². The molecule has 2 N–H and O–H groups in total. The number of benzene rings is 1. The number of aromatic amines is 1. The summed E-state index contributed by atoms with van der Waals surface area (Å²) in [5.41, 5.74) is 1.33. The van der Waals surface area contributed by atoms with E-state index in [0.717, 1.165) is 0 Å². The van der Waals surface area contributed by atoms with Crippen molar-refractivity contribution in [2.75, 3.05) is 0 Å². The van der Waals surface area contributed by atoms with Gasteiger partial charge in [-0.05, 0) is 30.3 Å². The lowest BCUT2D eigenvalue weighted by Gasteiger charge is -2.02. The van der Waals surface area contributed by atoms with E-state index >= 15 is 0 Å². The van der Waals surface area contributed by atoms with E-state index in [9.17, 15) is 9.59 Å². The first kappa shape index (κ1) is 15.5. The predicted molar refractivity (Wildman–Crippen MR) is 87.3 cm³/mol. The molecule has 0 saturated carbocycles. The van der Waals surface area contributed by atoms with Crippen LogP contribution < -0.4 is 0 Å². The number of carbonyl (C=O) groups is 2. The van der Waals surface area contributed by atoms with Gasteiger partial charge in [-0.3, -0.25) is 14.6 Å². The number of hydrogen-bond acceptors (Lipinski definition) is 3. The lowest BCUT2D eigenvalue weighted by Crippen LogP contribution is -2.10. The van der Waals surface area contributed by atoms with E-state index in [0.29, 0.717) is 26.5 Å². The van der Waals surface area contributed by atoms with Gasteiger partial charge in [0.2, 0.25) is 5.78 Å². The van der Waals surface area contributed by atoms with Crippen molar-refractivity contribution in [1.82, 2.24) is 9.97 Å². The number of aliphatic carboxylic acids is 1. The van der Waals surface area contributed by atoms with Gasteiger partial charge in [0.05, 0.1) is 12.1 Å². The number of ketones is 1. The first-order valence-electron chi connectivity index (χ1n) is 6.64. The fourth-order valence-electron chi connectivity index (χ4n) is 2.41. The summed E-state index contributed by atoms with van der Waals surface area (Å²) in [6.45, 7) is 0. The molecule has 0 aliphatic rings. The Morgan fingerprint density at radius 1 is 1.13 bits per heavy atom.